The Kier molecular flexibility index (Phi) is 2.88. The summed E-state index contributed by atoms with van der Waals surface area (Å²) < 4.78 is 2.08. The van der Waals surface area contributed by atoms with Crippen molar-refractivity contribution in [3.63, 3.8) is 0 Å². The highest BCUT2D eigenvalue weighted by Gasteiger charge is 2.16. The Morgan fingerprint density at radius 1 is 1.50 bits per heavy atom. The number of imidazole rings is 1. The van der Waals surface area contributed by atoms with Gasteiger partial charge in [-0.25, -0.2) is 4.98 Å². The summed E-state index contributed by atoms with van der Waals surface area (Å²) in [5.74, 6) is 0. The quantitative estimate of drug-likeness (QED) is 0.913. The first-order valence-electron chi connectivity index (χ1n) is 5.68. The summed E-state index contributed by atoms with van der Waals surface area (Å²) in [4.78, 5) is 5.31. The Labute approximate surface area is 103 Å². The standard InChI is InChI=1S/C11H14ClN3S/c12-10-9(7-13-8-3-1-2-4-8)15-5-6-16-11(15)14-10/h5-6,8,13H,1-4,7H2. The predicted molar refractivity (Wildman–Crippen MR) is 67.2 cm³/mol. The molecule has 0 saturated heterocycles. The Balaban J connectivity index is 1.77. The van der Waals surface area contributed by atoms with Gasteiger partial charge in [0.1, 0.15) is 0 Å². The van der Waals surface area contributed by atoms with Gasteiger partial charge in [-0.3, -0.25) is 4.40 Å². The van der Waals surface area contributed by atoms with E-state index in [2.05, 4.69) is 14.7 Å². The fourth-order valence-electron chi connectivity index (χ4n) is 2.34. The number of aromatic nitrogens is 2. The van der Waals surface area contributed by atoms with E-state index < -0.39 is 0 Å². The van der Waals surface area contributed by atoms with E-state index in [4.69, 9.17) is 11.6 Å². The van der Waals surface area contributed by atoms with Crippen LogP contribution < -0.4 is 5.32 Å². The Hall–Kier alpha value is -0.580. The number of nitrogens with one attached hydrogen (secondary N) is 1. The summed E-state index contributed by atoms with van der Waals surface area (Å²) in [6.07, 6.45) is 7.33. The number of thiazole rings is 1. The number of nitrogens with zero attached hydrogens (tertiary/aromatic N) is 2. The average Bonchev–Trinajstić information content (AvgIpc) is 2.92. The molecule has 86 valence electrons. The van der Waals surface area contributed by atoms with E-state index in [1.807, 2.05) is 11.6 Å². The van der Waals surface area contributed by atoms with Crippen molar-refractivity contribution in [2.24, 2.45) is 0 Å². The van der Waals surface area contributed by atoms with Gasteiger partial charge < -0.3 is 5.32 Å². The first-order valence-corrected chi connectivity index (χ1v) is 6.93. The molecule has 0 spiro atoms. The molecule has 1 saturated carbocycles. The van der Waals surface area contributed by atoms with E-state index in [1.54, 1.807) is 11.3 Å². The van der Waals surface area contributed by atoms with Crippen molar-refractivity contribution in [1.29, 1.82) is 0 Å². The number of fused-ring (bicyclic) bond motifs is 1. The smallest absolute Gasteiger partial charge is 0.195 e. The molecule has 5 heteroatoms. The normalized spacial score (nSPS) is 17.6. The third kappa shape index (κ3) is 1.85. The second-order valence-electron chi connectivity index (χ2n) is 4.27. The molecule has 2 heterocycles. The topological polar surface area (TPSA) is 29.3 Å². The summed E-state index contributed by atoms with van der Waals surface area (Å²) in [6, 6.07) is 0.667. The maximum absolute atomic E-state index is 6.13. The highest BCUT2D eigenvalue weighted by molar-refractivity contribution is 7.15. The zero-order chi connectivity index (χ0) is 11.0. The molecule has 16 heavy (non-hydrogen) atoms. The number of hydrogen-bond donors (Lipinski definition) is 1. The van der Waals surface area contributed by atoms with Crippen LogP contribution in [0.4, 0.5) is 0 Å². The van der Waals surface area contributed by atoms with Gasteiger partial charge in [-0.1, -0.05) is 24.4 Å². The molecule has 3 rings (SSSR count). The van der Waals surface area contributed by atoms with Gasteiger partial charge in [-0.2, -0.15) is 0 Å². The van der Waals surface area contributed by atoms with Crippen LogP contribution in [0, 0.1) is 0 Å². The molecule has 1 N–H and O–H groups in total. The molecule has 3 nitrogen and oxygen atoms in total. The third-order valence-electron chi connectivity index (χ3n) is 3.23. The van der Waals surface area contributed by atoms with Crippen LogP contribution in [0.1, 0.15) is 31.4 Å². The monoisotopic (exact) mass is 255 g/mol. The van der Waals surface area contributed by atoms with Gasteiger partial charge >= 0.3 is 0 Å². The first-order chi connectivity index (χ1) is 7.84. The van der Waals surface area contributed by atoms with Crippen LogP contribution >= 0.6 is 22.9 Å². The van der Waals surface area contributed by atoms with Crippen LogP contribution in [0.2, 0.25) is 5.15 Å². The minimum absolute atomic E-state index is 0.636. The first kappa shape index (κ1) is 10.6. The molecule has 0 atom stereocenters. The fraction of sp³-hybridized carbons (Fsp3) is 0.545. The lowest BCUT2D eigenvalue weighted by molar-refractivity contribution is 0.518. The van der Waals surface area contributed by atoms with E-state index in [-0.39, 0.29) is 0 Å². The van der Waals surface area contributed by atoms with Crippen LogP contribution in [-0.4, -0.2) is 15.4 Å². The van der Waals surface area contributed by atoms with Crippen molar-refractivity contribution in [2.45, 2.75) is 38.3 Å². The minimum atomic E-state index is 0.636. The lowest BCUT2D eigenvalue weighted by atomic mass is 10.2. The maximum Gasteiger partial charge on any atom is 0.195 e. The largest absolute Gasteiger partial charge is 0.308 e. The molecule has 2 aromatic heterocycles. The minimum Gasteiger partial charge on any atom is -0.308 e. The summed E-state index contributed by atoms with van der Waals surface area (Å²) in [6.45, 7) is 0.821. The molecule has 1 aliphatic rings. The van der Waals surface area contributed by atoms with Crippen molar-refractivity contribution in [3.05, 3.63) is 22.4 Å². The van der Waals surface area contributed by atoms with Crippen LogP contribution in [0.25, 0.3) is 4.96 Å². The third-order valence-corrected chi connectivity index (χ3v) is 4.28. The predicted octanol–water partition coefficient (Wildman–Crippen LogP) is 3.08. The number of halogens is 1. The zero-order valence-corrected chi connectivity index (χ0v) is 10.5. The van der Waals surface area contributed by atoms with Gasteiger partial charge in [-0.05, 0) is 12.8 Å². The van der Waals surface area contributed by atoms with Crippen LogP contribution in [0.5, 0.6) is 0 Å². The van der Waals surface area contributed by atoms with Crippen LogP contribution in [0.3, 0.4) is 0 Å². The van der Waals surface area contributed by atoms with E-state index in [1.165, 1.54) is 25.7 Å². The van der Waals surface area contributed by atoms with Gasteiger partial charge in [0.05, 0.1) is 5.69 Å². The van der Waals surface area contributed by atoms with Gasteiger partial charge in [0.25, 0.3) is 0 Å². The molecular formula is C11H14ClN3S. The number of rotatable bonds is 3. The van der Waals surface area contributed by atoms with E-state index in [9.17, 15) is 0 Å². The zero-order valence-electron chi connectivity index (χ0n) is 8.95. The molecule has 0 radical (unpaired) electrons. The molecule has 0 aliphatic heterocycles. The molecule has 1 aliphatic carbocycles. The summed E-state index contributed by atoms with van der Waals surface area (Å²) >= 11 is 7.75. The van der Waals surface area contributed by atoms with Crippen LogP contribution in [0.15, 0.2) is 11.6 Å². The Morgan fingerprint density at radius 2 is 2.31 bits per heavy atom. The van der Waals surface area contributed by atoms with E-state index in [0.717, 1.165) is 17.2 Å². The average molecular weight is 256 g/mol. The van der Waals surface area contributed by atoms with Crippen molar-refractivity contribution >= 4 is 27.9 Å². The molecule has 2 aromatic rings. The Morgan fingerprint density at radius 3 is 3.12 bits per heavy atom. The molecule has 0 aromatic carbocycles. The molecule has 1 fully saturated rings. The van der Waals surface area contributed by atoms with Gasteiger partial charge in [-0.15, -0.1) is 11.3 Å². The number of hydrogen-bond acceptors (Lipinski definition) is 3. The maximum atomic E-state index is 6.13. The molecule has 0 bridgehead atoms. The second-order valence-corrected chi connectivity index (χ2v) is 5.50. The lowest BCUT2D eigenvalue weighted by Crippen LogP contribution is -2.25. The summed E-state index contributed by atoms with van der Waals surface area (Å²) in [5.41, 5.74) is 1.09. The second kappa shape index (κ2) is 4.35. The van der Waals surface area contributed by atoms with Crippen molar-refractivity contribution < 1.29 is 0 Å². The van der Waals surface area contributed by atoms with Gasteiger partial charge in [0.2, 0.25) is 0 Å². The molecule has 0 amide bonds. The van der Waals surface area contributed by atoms with Gasteiger partial charge in [0, 0.05) is 24.2 Å². The van der Waals surface area contributed by atoms with Crippen molar-refractivity contribution in [2.75, 3.05) is 0 Å². The summed E-state index contributed by atoms with van der Waals surface area (Å²) in [5, 5.41) is 6.24. The van der Waals surface area contributed by atoms with Crippen molar-refractivity contribution in [1.82, 2.24) is 14.7 Å². The highest BCUT2D eigenvalue weighted by atomic mass is 35.5. The van der Waals surface area contributed by atoms with Crippen LogP contribution in [-0.2, 0) is 6.54 Å². The molecular weight excluding hydrogens is 242 g/mol. The van der Waals surface area contributed by atoms with Crippen molar-refractivity contribution in [3.8, 4) is 0 Å². The summed E-state index contributed by atoms with van der Waals surface area (Å²) in [7, 11) is 0. The van der Waals surface area contributed by atoms with E-state index in [0.29, 0.717) is 11.2 Å². The SMILES string of the molecule is Clc1nc2sccn2c1CNC1CCCC1. The molecule has 0 unspecified atom stereocenters. The Bertz CT molecular complexity index is 484. The van der Waals surface area contributed by atoms with Gasteiger partial charge in [0.15, 0.2) is 10.1 Å². The van der Waals surface area contributed by atoms with E-state index >= 15 is 0 Å². The highest BCUT2D eigenvalue weighted by Crippen LogP contribution is 2.23. The lowest BCUT2D eigenvalue weighted by Gasteiger charge is -2.11. The fourth-order valence-corrected chi connectivity index (χ4v) is 3.36.